The largest absolute Gasteiger partial charge is 0.478 e. The number of rotatable bonds is 4. The molecule has 0 aromatic carbocycles. The lowest BCUT2D eigenvalue weighted by Gasteiger charge is -2.29. The second-order valence-corrected chi connectivity index (χ2v) is 6.34. The molecule has 0 aliphatic heterocycles. The highest BCUT2D eigenvalue weighted by Crippen LogP contribution is 2.31. The van der Waals surface area contributed by atoms with Gasteiger partial charge < -0.3 is 9.67 Å². The number of hydrogen-bond donors (Lipinski definition) is 1. The van der Waals surface area contributed by atoms with Crippen LogP contribution in [0, 0.1) is 25.7 Å². The third-order valence-electron chi connectivity index (χ3n) is 4.97. The number of aryl methyl sites for hydroxylation is 1. The number of carboxylic acids is 1. The first-order valence-corrected chi connectivity index (χ1v) is 7.88. The molecule has 0 spiro atoms. The zero-order valence-electron chi connectivity index (χ0n) is 13.2. The molecule has 1 aliphatic carbocycles. The molecule has 1 aliphatic rings. The highest BCUT2D eigenvalue weighted by Gasteiger charge is 2.22. The Kier molecular flexibility index (Phi) is 4.86. The van der Waals surface area contributed by atoms with E-state index < -0.39 is 5.97 Å². The van der Waals surface area contributed by atoms with Crippen molar-refractivity contribution in [1.82, 2.24) is 4.57 Å². The van der Waals surface area contributed by atoms with Gasteiger partial charge in [0.15, 0.2) is 0 Å². The number of aromatic carboxylic acids is 1. The Morgan fingerprint density at radius 1 is 1.24 bits per heavy atom. The first kappa shape index (κ1) is 15.8. The van der Waals surface area contributed by atoms with Gasteiger partial charge in [-0.05, 0) is 44.1 Å². The smallest absolute Gasteiger partial charge is 0.337 e. The lowest BCUT2D eigenvalue weighted by molar-refractivity contribution is 0.0693. The minimum absolute atomic E-state index is 0.0763. The molecule has 1 saturated carbocycles. The summed E-state index contributed by atoms with van der Waals surface area (Å²) in [5, 5.41) is 9.32. The summed E-state index contributed by atoms with van der Waals surface area (Å²) in [6.07, 6.45) is 5.97. The maximum absolute atomic E-state index is 12.2. The summed E-state index contributed by atoms with van der Waals surface area (Å²) in [7, 11) is 0. The molecule has 1 heterocycles. The van der Waals surface area contributed by atoms with Crippen molar-refractivity contribution >= 4 is 5.97 Å². The van der Waals surface area contributed by atoms with E-state index in [1.165, 1.54) is 25.3 Å². The molecule has 4 heteroatoms. The van der Waals surface area contributed by atoms with Crippen molar-refractivity contribution in [3.05, 3.63) is 33.2 Å². The van der Waals surface area contributed by atoms with Crippen LogP contribution in [0.1, 0.15) is 60.6 Å². The molecule has 0 amide bonds. The van der Waals surface area contributed by atoms with Gasteiger partial charge in [-0.2, -0.15) is 0 Å². The Labute approximate surface area is 125 Å². The predicted molar refractivity (Wildman–Crippen MR) is 82.9 cm³/mol. The Hall–Kier alpha value is -1.58. The minimum Gasteiger partial charge on any atom is -0.478 e. The number of carboxylic acid groups (broad SMARTS) is 1. The van der Waals surface area contributed by atoms with Gasteiger partial charge in [0.05, 0.1) is 5.56 Å². The molecule has 2 rings (SSSR count). The van der Waals surface area contributed by atoms with Crippen molar-refractivity contribution < 1.29 is 9.90 Å². The van der Waals surface area contributed by atoms with Crippen LogP contribution in [-0.4, -0.2) is 15.6 Å². The van der Waals surface area contributed by atoms with E-state index in [1.807, 2.05) is 0 Å². The number of nitrogens with zero attached hydrogens (tertiary/aromatic N) is 1. The summed E-state index contributed by atoms with van der Waals surface area (Å²) < 4.78 is 1.66. The Bertz CT molecular complexity index is 580. The normalized spacial score (nSPS) is 22.2. The molecule has 1 fully saturated rings. The van der Waals surface area contributed by atoms with Crippen LogP contribution >= 0.6 is 0 Å². The van der Waals surface area contributed by atoms with Gasteiger partial charge in [0.25, 0.3) is 5.56 Å². The van der Waals surface area contributed by atoms with E-state index in [4.69, 9.17) is 0 Å². The van der Waals surface area contributed by atoms with Crippen molar-refractivity contribution in [3.8, 4) is 0 Å². The molecule has 0 atom stereocenters. The van der Waals surface area contributed by atoms with E-state index in [1.54, 1.807) is 18.4 Å². The molecule has 1 aromatic heterocycles. The molecule has 0 bridgehead atoms. The average Bonchev–Trinajstić information content (AvgIpc) is 2.43. The van der Waals surface area contributed by atoms with Gasteiger partial charge in [0.2, 0.25) is 0 Å². The summed E-state index contributed by atoms with van der Waals surface area (Å²) in [5.74, 6) is 0.369. The van der Waals surface area contributed by atoms with Gasteiger partial charge in [-0.25, -0.2) is 4.79 Å². The quantitative estimate of drug-likeness (QED) is 0.925. The van der Waals surface area contributed by atoms with E-state index in [0.717, 1.165) is 18.8 Å². The molecule has 0 unspecified atom stereocenters. The van der Waals surface area contributed by atoms with E-state index in [-0.39, 0.29) is 11.1 Å². The molecule has 21 heavy (non-hydrogen) atoms. The molecule has 0 saturated heterocycles. The maximum Gasteiger partial charge on any atom is 0.337 e. The second kappa shape index (κ2) is 6.46. The van der Waals surface area contributed by atoms with Gasteiger partial charge in [0.1, 0.15) is 0 Å². The van der Waals surface area contributed by atoms with E-state index in [9.17, 15) is 14.7 Å². The molecule has 1 N–H and O–H groups in total. The van der Waals surface area contributed by atoms with Crippen molar-refractivity contribution in [3.63, 3.8) is 0 Å². The summed E-state index contributed by atoms with van der Waals surface area (Å²) in [5.41, 5.74) is 1.34. The van der Waals surface area contributed by atoms with Crippen LogP contribution in [0.3, 0.4) is 0 Å². The van der Waals surface area contributed by atoms with Gasteiger partial charge in [-0.15, -0.1) is 0 Å². The van der Waals surface area contributed by atoms with Crippen molar-refractivity contribution in [2.24, 2.45) is 11.8 Å². The zero-order valence-corrected chi connectivity index (χ0v) is 13.2. The van der Waals surface area contributed by atoms with Gasteiger partial charge in [-0.3, -0.25) is 4.79 Å². The zero-order chi connectivity index (χ0) is 15.6. The molecule has 116 valence electrons. The minimum atomic E-state index is -0.951. The lowest BCUT2D eigenvalue weighted by Crippen LogP contribution is -2.30. The fourth-order valence-corrected chi connectivity index (χ4v) is 3.55. The lowest BCUT2D eigenvalue weighted by atomic mass is 9.81. The van der Waals surface area contributed by atoms with Crippen molar-refractivity contribution in [1.29, 1.82) is 0 Å². The number of carbonyl (C=O) groups is 1. The van der Waals surface area contributed by atoms with Crippen LogP contribution in [0.5, 0.6) is 0 Å². The Morgan fingerprint density at radius 2 is 1.81 bits per heavy atom. The third kappa shape index (κ3) is 3.36. The maximum atomic E-state index is 12.2. The highest BCUT2D eigenvalue weighted by atomic mass is 16.4. The first-order valence-electron chi connectivity index (χ1n) is 7.88. The summed E-state index contributed by atoms with van der Waals surface area (Å²) in [6, 6.07) is 1.45. The number of hydrogen-bond acceptors (Lipinski definition) is 2. The highest BCUT2D eigenvalue weighted by molar-refractivity contribution is 5.90. The molecule has 1 aromatic rings. The van der Waals surface area contributed by atoms with Crippen LogP contribution in [-0.2, 0) is 6.54 Å². The summed E-state index contributed by atoms with van der Waals surface area (Å²) >= 11 is 0. The van der Waals surface area contributed by atoms with E-state index in [2.05, 4.69) is 6.92 Å². The van der Waals surface area contributed by atoms with Gasteiger partial charge in [0, 0.05) is 18.3 Å². The van der Waals surface area contributed by atoms with E-state index in [0.29, 0.717) is 23.7 Å². The standard InChI is InChI=1S/C17H25NO3/c1-4-13-5-7-14(8-6-13)10-18-12(3)16(17(20)21)11(2)9-15(18)19/h9,13-14H,4-8,10H2,1-3H3,(H,20,21). The summed E-state index contributed by atoms with van der Waals surface area (Å²) in [4.78, 5) is 23.6. The number of aromatic nitrogens is 1. The third-order valence-corrected chi connectivity index (χ3v) is 4.97. The summed E-state index contributed by atoms with van der Waals surface area (Å²) in [6.45, 7) is 6.32. The predicted octanol–water partition coefficient (Wildman–Crippen LogP) is 3.38. The molecular formula is C17H25NO3. The molecule has 0 radical (unpaired) electrons. The van der Waals surface area contributed by atoms with Crippen LogP contribution in [0.2, 0.25) is 0 Å². The fraction of sp³-hybridized carbons (Fsp3) is 0.647. The van der Waals surface area contributed by atoms with Crippen molar-refractivity contribution in [2.75, 3.05) is 0 Å². The molecular weight excluding hydrogens is 266 g/mol. The Morgan fingerprint density at radius 3 is 2.33 bits per heavy atom. The second-order valence-electron chi connectivity index (χ2n) is 6.34. The van der Waals surface area contributed by atoms with Gasteiger partial charge >= 0.3 is 5.97 Å². The number of pyridine rings is 1. The fourth-order valence-electron chi connectivity index (χ4n) is 3.55. The first-order chi connectivity index (χ1) is 9.93. The topological polar surface area (TPSA) is 59.3 Å². The molecule has 4 nitrogen and oxygen atoms in total. The van der Waals surface area contributed by atoms with Gasteiger partial charge in [-0.1, -0.05) is 26.2 Å². The Balaban J connectivity index is 2.23. The van der Waals surface area contributed by atoms with Crippen LogP contribution in [0.15, 0.2) is 10.9 Å². The van der Waals surface area contributed by atoms with Crippen LogP contribution in [0.25, 0.3) is 0 Å². The average molecular weight is 291 g/mol. The SMILES string of the molecule is CCC1CCC(Cn2c(C)c(C(=O)O)c(C)cc2=O)CC1. The van der Waals surface area contributed by atoms with Crippen LogP contribution < -0.4 is 5.56 Å². The van der Waals surface area contributed by atoms with Crippen molar-refractivity contribution in [2.45, 2.75) is 59.4 Å². The monoisotopic (exact) mass is 291 g/mol. The van der Waals surface area contributed by atoms with E-state index >= 15 is 0 Å². The van der Waals surface area contributed by atoms with Crippen LogP contribution in [0.4, 0.5) is 0 Å².